The van der Waals surface area contributed by atoms with E-state index in [9.17, 15) is 37.7 Å². The molecule has 2 unspecified atom stereocenters. The van der Waals surface area contributed by atoms with Crippen LogP contribution in [0.15, 0.2) is 21.9 Å². The molecule has 0 amide bonds. The second kappa shape index (κ2) is 9.20. The fourth-order valence-electron chi connectivity index (χ4n) is 2.47. The van der Waals surface area contributed by atoms with E-state index in [1.165, 1.54) is 0 Å². The first-order valence-electron chi connectivity index (χ1n) is 7.64. The Morgan fingerprint density at radius 1 is 1.13 bits per heavy atom. The number of nitrogens with one attached hydrogen (secondary N) is 1. The minimum absolute atomic E-state index is 0.652. The summed E-state index contributed by atoms with van der Waals surface area (Å²) in [6.07, 6.45) is -4.29. The first-order chi connectivity index (χ1) is 13.6. The number of H-pyrrole nitrogens is 1. The summed E-state index contributed by atoms with van der Waals surface area (Å²) in [6.45, 7) is -1.90. The fourth-order valence-corrected chi connectivity index (χ4v) is 5.50. The Hall–Kier alpha value is -1.06. The fraction of sp³-hybridized carbons (Fsp3) is 0.600. The van der Waals surface area contributed by atoms with Crippen molar-refractivity contribution < 1.29 is 60.6 Å². The molecule has 172 valence electrons. The van der Waals surface area contributed by atoms with Gasteiger partial charge in [0.1, 0.15) is 0 Å². The van der Waals surface area contributed by atoms with Gasteiger partial charge in [0.2, 0.25) is 0 Å². The Kier molecular flexibility index (Phi) is 7.73. The van der Waals surface area contributed by atoms with Gasteiger partial charge in [0.25, 0.3) is 5.56 Å². The first kappa shape index (κ1) is 25.2. The van der Waals surface area contributed by atoms with Crippen LogP contribution >= 0.6 is 23.5 Å². The zero-order valence-corrected chi connectivity index (χ0v) is 17.1. The quantitative estimate of drug-likeness (QED) is 0.217. The van der Waals surface area contributed by atoms with Crippen molar-refractivity contribution in [1.29, 1.82) is 0 Å². The number of hydrogen-bond acceptors (Lipinski definition) is 10. The summed E-state index contributed by atoms with van der Waals surface area (Å²) in [6, 6.07) is 0.894. The van der Waals surface area contributed by atoms with Gasteiger partial charge in [-0.15, -0.1) is 0 Å². The Balaban J connectivity index is 2.11. The van der Waals surface area contributed by atoms with E-state index in [1.54, 1.807) is 0 Å². The third kappa shape index (κ3) is 6.72. The molecule has 0 saturated carbocycles. The van der Waals surface area contributed by atoms with Gasteiger partial charge in [-0.05, 0) is 0 Å². The molecular weight excluding hydrogens is 484 g/mol. The van der Waals surface area contributed by atoms with E-state index in [1.807, 2.05) is 4.98 Å². The van der Waals surface area contributed by atoms with Crippen molar-refractivity contribution in [3.63, 3.8) is 0 Å². The Bertz CT molecular complexity index is 1020. The van der Waals surface area contributed by atoms with Gasteiger partial charge in [0, 0.05) is 18.2 Å². The normalized spacial score (nSPS) is 28.7. The third-order valence-electron chi connectivity index (χ3n) is 3.63. The lowest BCUT2D eigenvalue weighted by atomic mass is 10.0. The highest BCUT2D eigenvalue weighted by atomic mass is 31.3. The number of alkyl halides is 1. The lowest BCUT2D eigenvalue weighted by molar-refractivity contribution is -0.0435. The molecule has 16 nitrogen and oxygen atoms in total. The van der Waals surface area contributed by atoms with Crippen LogP contribution in [-0.2, 0) is 31.6 Å². The number of aromatic amines is 1. The third-order valence-corrected chi connectivity index (χ3v) is 7.43. The van der Waals surface area contributed by atoms with Crippen LogP contribution in [0.4, 0.5) is 4.39 Å². The Morgan fingerprint density at radius 3 is 2.30 bits per heavy atom. The zero-order valence-electron chi connectivity index (χ0n) is 14.5. The number of hydrogen-bond donors (Lipinski definition) is 6. The van der Waals surface area contributed by atoms with Crippen LogP contribution in [0.5, 0.6) is 0 Å². The van der Waals surface area contributed by atoms with E-state index in [4.69, 9.17) is 19.4 Å². The lowest BCUT2D eigenvalue weighted by Crippen LogP contribution is -2.35. The summed E-state index contributed by atoms with van der Waals surface area (Å²) in [5.74, 6) is -1.40. The van der Waals surface area contributed by atoms with Crippen LogP contribution in [0.1, 0.15) is 6.23 Å². The van der Waals surface area contributed by atoms with Crippen molar-refractivity contribution in [1.82, 2.24) is 9.55 Å². The average molecular weight is 500 g/mol. The molecule has 1 aromatic heterocycles. The molecule has 0 spiro atoms. The van der Waals surface area contributed by atoms with Crippen LogP contribution in [0.3, 0.4) is 0 Å². The van der Waals surface area contributed by atoms with Crippen molar-refractivity contribution in [2.24, 2.45) is 5.92 Å². The van der Waals surface area contributed by atoms with Crippen LogP contribution in [0, 0.1) is 5.92 Å². The maximum absolute atomic E-state index is 14.6. The van der Waals surface area contributed by atoms with Crippen molar-refractivity contribution in [3.05, 3.63) is 33.1 Å². The molecule has 1 aliphatic heterocycles. The van der Waals surface area contributed by atoms with Gasteiger partial charge in [-0.25, -0.2) is 22.9 Å². The lowest BCUT2D eigenvalue weighted by Gasteiger charge is -2.20. The second-order valence-corrected chi connectivity index (χ2v) is 10.2. The predicted molar refractivity (Wildman–Crippen MR) is 90.5 cm³/mol. The molecule has 2 rings (SSSR count). The van der Waals surface area contributed by atoms with Crippen LogP contribution < -0.4 is 11.2 Å². The van der Waals surface area contributed by atoms with Gasteiger partial charge in [-0.1, -0.05) is 0 Å². The predicted octanol–water partition coefficient (Wildman–Crippen LogP) is -1.28. The monoisotopic (exact) mass is 500 g/mol. The number of phosphoric ester groups is 1. The summed E-state index contributed by atoms with van der Waals surface area (Å²) in [5.41, 5.74) is -1.81. The summed E-state index contributed by atoms with van der Waals surface area (Å²) in [5, 5.41) is 9.35. The SMILES string of the molecule is O=c1ccn([C@@H]2O[C@H](COP(=O)(O)OP(=O)(O)OP(=O)(O)O)[C@@H](CO)[C@H]2F)c(=O)[nH]1. The molecule has 1 fully saturated rings. The second-order valence-electron chi connectivity index (χ2n) is 5.76. The summed E-state index contributed by atoms with van der Waals surface area (Å²) < 4.78 is 65.4. The summed E-state index contributed by atoms with van der Waals surface area (Å²) in [4.78, 5) is 60.1. The Morgan fingerprint density at radius 2 is 1.77 bits per heavy atom. The van der Waals surface area contributed by atoms with Gasteiger partial charge in [-0.2, -0.15) is 8.62 Å². The zero-order chi connectivity index (χ0) is 22.9. The summed E-state index contributed by atoms with van der Waals surface area (Å²) >= 11 is 0. The smallest absolute Gasteiger partial charge is 0.396 e. The number of aliphatic hydroxyl groups excluding tert-OH is 1. The maximum Gasteiger partial charge on any atom is 0.490 e. The molecule has 0 aromatic carbocycles. The van der Waals surface area contributed by atoms with Gasteiger partial charge in [0.05, 0.1) is 19.3 Å². The highest BCUT2D eigenvalue weighted by molar-refractivity contribution is 7.66. The van der Waals surface area contributed by atoms with Crippen LogP contribution in [-0.4, -0.2) is 59.7 Å². The van der Waals surface area contributed by atoms with Crippen molar-refractivity contribution >= 4 is 23.5 Å². The van der Waals surface area contributed by atoms with Crippen molar-refractivity contribution in [2.75, 3.05) is 13.2 Å². The number of halogens is 1. The standard InChI is InChI=1S/C10H16FN2O14P3/c11-8-5(3-14)6(25-9(8)13-2-1-7(15)12-10(13)16)4-24-29(20,21)27-30(22,23)26-28(17,18)19/h1-2,5-6,8-9,14H,3-4H2,(H,20,21)(H,22,23)(H,12,15,16)(H2,17,18,19)/t5-,6-,8-,9-/m1/s1. The molecule has 1 saturated heterocycles. The van der Waals surface area contributed by atoms with Gasteiger partial charge < -0.3 is 29.4 Å². The highest BCUT2D eigenvalue weighted by Gasteiger charge is 2.48. The van der Waals surface area contributed by atoms with Gasteiger partial charge >= 0.3 is 29.2 Å². The van der Waals surface area contributed by atoms with Crippen molar-refractivity contribution in [3.8, 4) is 0 Å². The van der Waals surface area contributed by atoms with Crippen LogP contribution in [0.2, 0.25) is 0 Å². The van der Waals surface area contributed by atoms with E-state index in [0.717, 1.165) is 12.3 Å². The molecular formula is C10H16FN2O14P3. The number of ether oxygens (including phenoxy) is 1. The minimum atomic E-state index is -5.75. The molecule has 0 aliphatic carbocycles. The first-order valence-corrected chi connectivity index (χ1v) is 12.2. The number of aliphatic hydroxyl groups is 1. The summed E-state index contributed by atoms with van der Waals surface area (Å²) in [7, 11) is -16.8. The molecule has 20 heteroatoms. The number of phosphoric acid groups is 3. The number of rotatable bonds is 9. The van der Waals surface area contributed by atoms with E-state index in [0.29, 0.717) is 4.57 Å². The van der Waals surface area contributed by atoms with E-state index in [2.05, 4.69) is 13.1 Å². The molecule has 2 heterocycles. The average Bonchev–Trinajstić information content (AvgIpc) is 2.85. The molecule has 0 bridgehead atoms. The molecule has 1 aliphatic rings. The maximum atomic E-state index is 14.6. The molecule has 1 aromatic rings. The molecule has 30 heavy (non-hydrogen) atoms. The molecule has 0 radical (unpaired) electrons. The van der Waals surface area contributed by atoms with E-state index < -0.39 is 72.4 Å². The topological polar surface area (TPSA) is 244 Å². The minimum Gasteiger partial charge on any atom is -0.396 e. The van der Waals surface area contributed by atoms with E-state index in [-0.39, 0.29) is 0 Å². The number of aromatic nitrogens is 2. The number of nitrogens with zero attached hydrogens (tertiary/aromatic N) is 1. The Labute approximate surface area is 165 Å². The highest BCUT2D eigenvalue weighted by Crippen LogP contribution is 2.66. The largest absolute Gasteiger partial charge is 0.490 e. The van der Waals surface area contributed by atoms with Crippen LogP contribution in [0.25, 0.3) is 0 Å². The van der Waals surface area contributed by atoms with E-state index >= 15 is 0 Å². The van der Waals surface area contributed by atoms with Gasteiger partial charge in [-0.3, -0.25) is 18.9 Å². The van der Waals surface area contributed by atoms with Crippen molar-refractivity contribution in [2.45, 2.75) is 18.5 Å². The molecule has 6 atom stereocenters. The van der Waals surface area contributed by atoms with Gasteiger partial charge in [0.15, 0.2) is 12.4 Å². The molecule has 6 N–H and O–H groups in total.